The van der Waals surface area contributed by atoms with Crippen molar-refractivity contribution in [1.82, 2.24) is 10.9 Å². The Morgan fingerprint density at radius 3 is 3.06 bits per heavy atom. The number of nitrogens with one attached hydrogen (secondary N) is 3. The van der Waals surface area contributed by atoms with E-state index in [1.54, 1.807) is 19.2 Å². The fourth-order valence-electron chi connectivity index (χ4n) is 1.65. The summed E-state index contributed by atoms with van der Waals surface area (Å²) in [5.74, 6) is 0.0451. The third kappa shape index (κ3) is 2.63. The number of hydrazine groups is 1. The number of carbonyl (C=O) groups is 2. The second-order valence-electron chi connectivity index (χ2n) is 3.81. The van der Waals surface area contributed by atoms with Crippen LogP contribution >= 0.6 is 11.8 Å². The summed E-state index contributed by atoms with van der Waals surface area (Å²) >= 11 is 1.47. The van der Waals surface area contributed by atoms with Crippen LogP contribution in [0.1, 0.15) is 11.6 Å². The van der Waals surface area contributed by atoms with Gasteiger partial charge in [0.25, 0.3) is 5.91 Å². The Balaban J connectivity index is 2.22. The third-order valence-corrected chi connectivity index (χ3v) is 3.60. The smallest absolute Gasteiger partial charge is 0.255 e. The molecule has 1 atom stereocenters. The first-order valence-corrected chi connectivity index (χ1v) is 6.39. The fraction of sp³-hybridized carbons (Fsp3) is 0.273. The maximum atomic E-state index is 11.6. The van der Waals surface area contributed by atoms with Gasteiger partial charge >= 0.3 is 0 Å². The van der Waals surface area contributed by atoms with Crippen molar-refractivity contribution in [3.05, 3.63) is 23.8 Å². The van der Waals surface area contributed by atoms with Gasteiger partial charge in [-0.15, -0.1) is 11.8 Å². The van der Waals surface area contributed by atoms with Gasteiger partial charge in [-0.05, 0) is 17.7 Å². The molecule has 0 aliphatic carbocycles. The van der Waals surface area contributed by atoms with Gasteiger partial charge < -0.3 is 11.1 Å². The normalized spacial score (nSPS) is 15.6. The van der Waals surface area contributed by atoms with Crippen LogP contribution in [0.25, 0.3) is 0 Å². The van der Waals surface area contributed by atoms with Crippen LogP contribution in [0.5, 0.6) is 0 Å². The van der Waals surface area contributed by atoms with Crippen molar-refractivity contribution >= 4 is 29.3 Å². The molecule has 1 aromatic carbocycles. The molecule has 1 heterocycles. The standard InChI is InChI=1S/C11H14N4O2S/c1-13-15-11(17)10(12)6-2-3-8-7(4-6)14-9(16)5-18-8/h2-4,10,13H,5,12H2,1H3,(H,14,16)(H,15,17). The number of benzene rings is 1. The lowest BCUT2D eigenvalue weighted by Gasteiger charge is -2.19. The van der Waals surface area contributed by atoms with Crippen LogP contribution in [0.4, 0.5) is 5.69 Å². The van der Waals surface area contributed by atoms with Crippen molar-refractivity contribution < 1.29 is 9.59 Å². The molecule has 0 aromatic heterocycles. The SMILES string of the molecule is CNNC(=O)C(N)c1ccc2c(c1)NC(=O)CS2. The lowest BCUT2D eigenvalue weighted by Crippen LogP contribution is -2.40. The highest BCUT2D eigenvalue weighted by molar-refractivity contribution is 8.00. The first-order valence-electron chi connectivity index (χ1n) is 5.40. The van der Waals surface area contributed by atoms with Crippen molar-refractivity contribution in [3.8, 4) is 0 Å². The quantitative estimate of drug-likeness (QED) is 0.577. The molecule has 0 fully saturated rings. The molecule has 1 aromatic rings. The summed E-state index contributed by atoms with van der Waals surface area (Å²) in [5, 5.41) is 2.76. The molecule has 18 heavy (non-hydrogen) atoms. The highest BCUT2D eigenvalue weighted by Crippen LogP contribution is 2.33. The molecule has 2 rings (SSSR count). The Labute approximate surface area is 109 Å². The van der Waals surface area contributed by atoms with E-state index in [9.17, 15) is 9.59 Å². The molecule has 1 aliphatic heterocycles. The van der Waals surface area contributed by atoms with E-state index in [4.69, 9.17) is 5.73 Å². The van der Waals surface area contributed by atoms with Crippen molar-refractivity contribution in [2.75, 3.05) is 18.1 Å². The fourth-order valence-corrected chi connectivity index (χ4v) is 2.43. The molecule has 5 N–H and O–H groups in total. The van der Waals surface area contributed by atoms with Gasteiger partial charge in [0.1, 0.15) is 6.04 Å². The van der Waals surface area contributed by atoms with E-state index in [-0.39, 0.29) is 11.8 Å². The topological polar surface area (TPSA) is 96.2 Å². The first-order chi connectivity index (χ1) is 8.61. The Morgan fingerprint density at radius 1 is 1.56 bits per heavy atom. The average molecular weight is 266 g/mol. The van der Waals surface area contributed by atoms with Crippen LogP contribution in [-0.2, 0) is 9.59 Å². The Bertz CT molecular complexity index is 492. The molecular weight excluding hydrogens is 252 g/mol. The molecular formula is C11H14N4O2S. The lowest BCUT2D eigenvalue weighted by atomic mass is 10.1. The Hall–Kier alpha value is -1.57. The van der Waals surface area contributed by atoms with Gasteiger partial charge in [-0.3, -0.25) is 15.0 Å². The van der Waals surface area contributed by atoms with E-state index in [1.165, 1.54) is 11.8 Å². The summed E-state index contributed by atoms with van der Waals surface area (Å²) in [4.78, 5) is 23.9. The van der Waals surface area contributed by atoms with Crippen LogP contribution < -0.4 is 21.9 Å². The summed E-state index contributed by atoms with van der Waals surface area (Å²) in [6, 6.07) is 4.62. The number of rotatable bonds is 3. The zero-order valence-corrected chi connectivity index (χ0v) is 10.6. The lowest BCUT2D eigenvalue weighted by molar-refractivity contribution is -0.123. The monoisotopic (exact) mass is 266 g/mol. The molecule has 0 bridgehead atoms. The van der Waals surface area contributed by atoms with E-state index >= 15 is 0 Å². The van der Waals surface area contributed by atoms with E-state index in [2.05, 4.69) is 16.2 Å². The van der Waals surface area contributed by atoms with E-state index in [0.29, 0.717) is 17.0 Å². The summed E-state index contributed by atoms with van der Waals surface area (Å²) in [7, 11) is 1.59. The predicted octanol–water partition coefficient (Wildman–Crippen LogP) is -0.0188. The molecule has 0 radical (unpaired) electrons. The molecule has 6 nitrogen and oxygen atoms in total. The minimum absolute atomic E-state index is 0.0436. The van der Waals surface area contributed by atoms with Gasteiger partial charge in [-0.2, -0.15) is 0 Å². The van der Waals surface area contributed by atoms with Gasteiger partial charge in [0.2, 0.25) is 5.91 Å². The maximum absolute atomic E-state index is 11.6. The molecule has 7 heteroatoms. The van der Waals surface area contributed by atoms with Crippen LogP contribution in [0, 0.1) is 0 Å². The van der Waals surface area contributed by atoms with Crippen molar-refractivity contribution in [1.29, 1.82) is 0 Å². The third-order valence-electron chi connectivity index (χ3n) is 2.53. The van der Waals surface area contributed by atoms with Gasteiger partial charge in [0, 0.05) is 11.9 Å². The van der Waals surface area contributed by atoms with Crippen LogP contribution in [0.15, 0.2) is 23.1 Å². The van der Waals surface area contributed by atoms with Gasteiger partial charge in [-0.1, -0.05) is 6.07 Å². The zero-order chi connectivity index (χ0) is 13.1. The maximum Gasteiger partial charge on any atom is 0.255 e. The highest BCUT2D eigenvalue weighted by atomic mass is 32.2. The van der Waals surface area contributed by atoms with E-state index in [1.807, 2.05) is 6.07 Å². The van der Waals surface area contributed by atoms with Gasteiger partial charge in [0.05, 0.1) is 11.4 Å². The van der Waals surface area contributed by atoms with Gasteiger partial charge in [-0.25, -0.2) is 5.43 Å². The van der Waals surface area contributed by atoms with Crippen LogP contribution in [0.3, 0.4) is 0 Å². The average Bonchev–Trinajstić information content (AvgIpc) is 2.37. The summed E-state index contributed by atoms with van der Waals surface area (Å²) in [6.45, 7) is 0. The number of hydrogen-bond donors (Lipinski definition) is 4. The summed E-state index contributed by atoms with van der Waals surface area (Å²) < 4.78 is 0. The van der Waals surface area contributed by atoms with Crippen LogP contribution in [0.2, 0.25) is 0 Å². The zero-order valence-electron chi connectivity index (χ0n) is 9.82. The second kappa shape index (κ2) is 5.38. The second-order valence-corrected chi connectivity index (χ2v) is 4.83. The summed E-state index contributed by atoms with van der Waals surface area (Å²) in [6.07, 6.45) is 0. The van der Waals surface area contributed by atoms with E-state index < -0.39 is 6.04 Å². The number of amides is 2. The number of thioether (sulfide) groups is 1. The number of carbonyl (C=O) groups excluding carboxylic acids is 2. The molecule has 1 unspecified atom stereocenters. The number of anilines is 1. The Kier molecular flexibility index (Phi) is 3.85. The Morgan fingerprint density at radius 2 is 2.33 bits per heavy atom. The molecule has 1 aliphatic rings. The van der Waals surface area contributed by atoms with Crippen molar-refractivity contribution in [2.45, 2.75) is 10.9 Å². The number of fused-ring (bicyclic) bond motifs is 1. The molecule has 0 saturated heterocycles. The molecule has 0 spiro atoms. The van der Waals surface area contributed by atoms with E-state index in [0.717, 1.165) is 4.90 Å². The highest BCUT2D eigenvalue weighted by Gasteiger charge is 2.20. The van der Waals surface area contributed by atoms with Crippen molar-refractivity contribution in [2.24, 2.45) is 5.73 Å². The largest absolute Gasteiger partial charge is 0.324 e. The first kappa shape index (κ1) is 12.9. The van der Waals surface area contributed by atoms with Gasteiger partial charge in [0.15, 0.2) is 0 Å². The number of hydrogen-bond acceptors (Lipinski definition) is 5. The number of nitrogens with two attached hydrogens (primary N) is 1. The minimum atomic E-state index is -0.772. The molecule has 2 amide bonds. The molecule has 96 valence electrons. The minimum Gasteiger partial charge on any atom is -0.324 e. The molecule has 0 saturated carbocycles. The van der Waals surface area contributed by atoms with Crippen LogP contribution in [-0.4, -0.2) is 24.6 Å². The summed E-state index contributed by atoms with van der Waals surface area (Å²) in [5.41, 5.74) is 12.1. The predicted molar refractivity (Wildman–Crippen MR) is 69.9 cm³/mol. The van der Waals surface area contributed by atoms with Crippen molar-refractivity contribution in [3.63, 3.8) is 0 Å².